The Hall–Kier alpha value is -1.52. The molecule has 7 heteroatoms. The van der Waals surface area contributed by atoms with Crippen LogP contribution in [0, 0.1) is 11.3 Å². The molecule has 1 heterocycles. The lowest BCUT2D eigenvalue weighted by Gasteiger charge is -1.94. The summed E-state index contributed by atoms with van der Waals surface area (Å²) in [6.45, 7) is 0. The lowest BCUT2D eigenvalue weighted by Crippen LogP contribution is -2.23. The van der Waals surface area contributed by atoms with Gasteiger partial charge in [0.05, 0.1) is 0 Å². The minimum atomic E-state index is -0.811. The fraction of sp³-hybridized carbons (Fsp3) is 0. The molecule has 0 atom stereocenters. The van der Waals surface area contributed by atoms with Crippen LogP contribution in [0.25, 0.3) is 11.5 Å². The summed E-state index contributed by atoms with van der Waals surface area (Å²) in [6, 6.07) is 1.64. The van der Waals surface area contributed by atoms with Crippen LogP contribution in [0.2, 0.25) is 0 Å². The predicted octanol–water partition coefficient (Wildman–Crippen LogP) is -0.849. The normalized spacial score (nSPS) is 9.15. The fourth-order valence-corrected chi connectivity index (χ4v) is 2.35. The van der Waals surface area contributed by atoms with E-state index in [1.165, 1.54) is 0 Å². The zero-order valence-electron chi connectivity index (χ0n) is 6.14. The first-order valence-corrected chi connectivity index (χ1v) is 4.61. The molecule has 5 nitrogen and oxygen atoms in total. The molecule has 0 radical (unpaired) electrons. The SMILES string of the molecule is N#CC(C(N)=O)=c1sc(=C(O)O)s1. The van der Waals surface area contributed by atoms with Crippen molar-refractivity contribution in [2.24, 2.45) is 5.73 Å². The van der Waals surface area contributed by atoms with Crippen LogP contribution < -0.4 is 13.4 Å². The Labute approximate surface area is 80.3 Å². The van der Waals surface area contributed by atoms with Gasteiger partial charge in [-0.2, -0.15) is 5.26 Å². The number of hydrogen-bond acceptors (Lipinski definition) is 6. The molecule has 1 rings (SSSR count). The van der Waals surface area contributed by atoms with E-state index >= 15 is 0 Å². The van der Waals surface area contributed by atoms with Gasteiger partial charge in [-0.25, -0.2) is 0 Å². The van der Waals surface area contributed by atoms with Gasteiger partial charge in [0, 0.05) is 0 Å². The average Bonchev–Trinajstić information content (AvgIpc) is 1.93. The number of rotatable bonds is 1. The number of carbonyl (C=O) groups excluding carboxylic acids is 1. The van der Waals surface area contributed by atoms with Crippen molar-refractivity contribution in [3.8, 4) is 6.07 Å². The quantitative estimate of drug-likeness (QED) is 0.568. The third-order valence-corrected chi connectivity index (χ3v) is 3.63. The van der Waals surface area contributed by atoms with Crippen LogP contribution in [0.1, 0.15) is 0 Å². The van der Waals surface area contributed by atoms with E-state index in [0.717, 1.165) is 22.7 Å². The van der Waals surface area contributed by atoms with Gasteiger partial charge in [0.15, 0.2) is 3.85 Å². The molecule has 0 aromatic carbocycles. The number of nitriles is 1. The van der Waals surface area contributed by atoms with Crippen molar-refractivity contribution in [1.29, 1.82) is 5.26 Å². The van der Waals surface area contributed by atoms with Gasteiger partial charge in [0.25, 0.3) is 5.91 Å². The van der Waals surface area contributed by atoms with E-state index in [2.05, 4.69) is 0 Å². The van der Waals surface area contributed by atoms with E-state index < -0.39 is 11.9 Å². The van der Waals surface area contributed by atoms with E-state index in [4.69, 9.17) is 21.2 Å². The van der Waals surface area contributed by atoms with Crippen molar-refractivity contribution >= 4 is 40.1 Å². The summed E-state index contributed by atoms with van der Waals surface area (Å²) in [5, 5.41) is 25.6. The van der Waals surface area contributed by atoms with Crippen molar-refractivity contribution < 1.29 is 15.0 Å². The van der Waals surface area contributed by atoms with Gasteiger partial charge < -0.3 is 15.9 Å². The Kier molecular flexibility index (Phi) is 2.55. The van der Waals surface area contributed by atoms with E-state index in [1.54, 1.807) is 6.07 Å². The maximum Gasteiger partial charge on any atom is 0.302 e. The number of aliphatic hydroxyl groups is 2. The molecule has 1 aromatic rings. The second-order valence-corrected chi connectivity index (χ2v) is 4.51. The monoisotopic (exact) mass is 216 g/mol. The number of nitrogens with zero attached hydrogens (tertiary/aromatic N) is 1. The van der Waals surface area contributed by atoms with Gasteiger partial charge in [-0.15, -0.1) is 22.7 Å². The maximum absolute atomic E-state index is 10.6. The molecule has 68 valence electrons. The van der Waals surface area contributed by atoms with Crippen molar-refractivity contribution in [1.82, 2.24) is 0 Å². The summed E-state index contributed by atoms with van der Waals surface area (Å²) in [6.07, 6.45) is 0. The van der Waals surface area contributed by atoms with Crippen LogP contribution in [-0.2, 0) is 4.79 Å². The fourth-order valence-electron chi connectivity index (χ4n) is 0.571. The second-order valence-electron chi connectivity index (χ2n) is 1.95. The second kappa shape index (κ2) is 3.47. The zero-order chi connectivity index (χ0) is 10.0. The molecule has 4 N–H and O–H groups in total. The van der Waals surface area contributed by atoms with Gasteiger partial charge in [0.2, 0.25) is 0 Å². The standard InChI is InChI=1S/C6H4N2O3S2/c7-1-2(3(8)9)5-12-6(13-5)4(10)11/h10-11H,(H2,8,9). The Bertz CT molecular complexity index is 468. The van der Waals surface area contributed by atoms with E-state index in [-0.39, 0.29) is 9.42 Å². The number of amides is 1. The predicted molar refractivity (Wildman–Crippen MR) is 48.3 cm³/mol. The first-order valence-electron chi connectivity index (χ1n) is 2.98. The molecule has 0 saturated heterocycles. The molecule has 13 heavy (non-hydrogen) atoms. The van der Waals surface area contributed by atoms with Crippen LogP contribution in [0.15, 0.2) is 0 Å². The van der Waals surface area contributed by atoms with Crippen LogP contribution >= 0.6 is 22.7 Å². The highest BCUT2D eigenvalue weighted by Crippen LogP contribution is 1.97. The van der Waals surface area contributed by atoms with E-state index in [1.807, 2.05) is 0 Å². The lowest BCUT2D eigenvalue weighted by atomic mass is 10.3. The minimum Gasteiger partial charge on any atom is -0.479 e. The third-order valence-electron chi connectivity index (χ3n) is 1.12. The zero-order valence-corrected chi connectivity index (χ0v) is 7.78. The number of aliphatic hydroxyl groups excluding tert-OH is 1. The molecule has 0 fully saturated rings. The molecular weight excluding hydrogens is 212 g/mol. The molecule has 0 aliphatic carbocycles. The third kappa shape index (κ3) is 1.80. The molecule has 0 unspecified atom stereocenters. The summed E-state index contributed by atoms with van der Waals surface area (Å²) in [5.74, 6) is -1.62. The highest BCUT2D eigenvalue weighted by Gasteiger charge is 2.09. The maximum atomic E-state index is 10.6. The number of carbonyl (C=O) groups is 1. The Morgan fingerprint density at radius 2 is 1.92 bits per heavy atom. The minimum absolute atomic E-state index is 0.153. The molecule has 0 bridgehead atoms. The number of nitrogens with two attached hydrogens (primary N) is 1. The molecule has 0 saturated carbocycles. The van der Waals surface area contributed by atoms with Gasteiger partial charge in [-0.3, -0.25) is 4.79 Å². The van der Waals surface area contributed by atoms with Crippen LogP contribution in [0.5, 0.6) is 0 Å². The van der Waals surface area contributed by atoms with Crippen LogP contribution in [-0.4, -0.2) is 16.1 Å². The molecule has 1 amide bonds. The number of primary amides is 1. The van der Waals surface area contributed by atoms with Gasteiger partial charge in [0.1, 0.15) is 15.5 Å². The first kappa shape index (κ1) is 9.57. The van der Waals surface area contributed by atoms with Gasteiger partial charge in [-0.1, -0.05) is 0 Å². The Morgan fingerprint density at radius 1 is 1.38 bits per heavy atom. The van der Waals surface area contributed by atoms with Gasteiger partial charge in [-0.05, 0) is 0 Å². The van der Waals surface area contributed by atoms with Crippen LogP contribution in [0.4, 0.5) is 0 Å². The molecule has 0 aliphatic rings. The highest BCUT2D eigenvalue weighted by atomic mass is 32.2. The average molecular weight is 216 g/mol. The molecule has 0 aliphatic heterocycles. The topological polar surface area (TPSA) is 107 Å². The molecule has 1 aromatic heterocycles. The van der Waals surface area contributed by atoms with Crippen molar-refractivity contribution in [2.75, 3.05) is 0 Å². The summed E-state index contributed by atoms with van der Waals surface area (Å²) < 4.78 is 0.648. The number of hydrogen-bond donors (Lipinski definition) is 3. The van der Waals surface area contributed by atoms with Gasteiger partial charge >= 0.3 is 5.95 Å². The largest absolute Gasteiger partial charge is 0.479 e. The van der Waals surface area contributed by atoms with E-state index in [0.29, 0.717) is 3.85 Å². The molecule has 0 spiro atoms. The van der Waals surface area contributed by atoms with Crippen molar-refractivity contribution in [3.63, 3.8) is 0 Å². The van der Waals surface area contributed by atoms with E-state index in [9.17, 15) is 4.79 Å². The highest BCUT2D eigenvalue weighted by molar-refractivity contribution is 7.36. The summed E-state index contributed by atoms with van der Waals surface area (Å²) in [4.78, 5) is 10.6. The Morgan fingerprint density at radius 3 is 2.23 bits per heavy atom. The summed E-state index contributed by atoms with van der Waals surface area (Å²) >= 11 is 1.88. The van der Waals surface area contributed by atoms with Crippen molar-refractivity contribution in [2.45, 2.75) is 0 Å². The molecular formula is C6H4N2O3S2. The summed E-state index contributed by atoms with van der Waals surface area (Å²) in [5.41, 5.74) is 4.74. The first-order chi connectivity index (χ1) is 6.06. The smallest absolute Gasteiger partial charge is 0.302 e. The lowest BCUT2D eigenvalue weighted by molar-refractivity contribution is -0.112. The summed E-state index contributed by atoms with van der Waals surface area (Å²) in [7, 11) is 0. The Balaban J connectivity index is 3.32. The van der Waals surface area contributed by atoms with Crippen LogP contribution in [0.3, 0.4) is 0 Å². The van der Waals surface area contributed by atoms with Crippen molar-refractivity contribution in [3.05, 3.63) is 7.69 Å².